The summed E-state index contributed by atoms with van der Waals surface area (Å²) < 4.78 is 18.4. The number of amides is 1. The second kappa shape index (κ2) is 7.75. The lowest BCUT2D eigenvalue weighted by Crippen LogP contribution is -2.35. The van der Waals surface area contributed by atoms with E-state index >= 15 is 0 Å². The molecule has 3 aromatic rings. The minimum Gasteiger partial charge on any atom is -0.354 e. The Morgan fingerprint density at radius 3 is 2.68 bits per heavy atom. The van der Waals surface area contributed by atoms with E-state index in [2.05, 4.69) is 20.0 Å². The standard InChI is InChI=1S/C20H20FN5O2/c1-14-23-19(28-24-14)17-4-2-9-22-18(17)25-10-3-11-26(13-12-25)20(27)15-5-7-16(21)8-6-15/h2,4-9H,3,10-13H2,1H3. The summed E-state index contributed by atoms with van der Waals surface area (Å²) in [6.45, 7) is 4.34. The molecule has 0 aliphatic carbocycles. The molecule has 0 bridgehead atoms. The molecule has 0 atom stereocenters. The fourth-order valence-electron chi connectivity index (χ4n) is 3.33. The molecule has 2 aromatic heterocycles. The largest absolute Gasteiger partial charge is 0.354 e. The van der Waals surface area contributed by atoms with Crippen molar-refractivity contribution in [1.82, 2.24) is 20.0 Å². The van der Waals surface area contributed by atoms with E-state index in [1.54, 1.807) is 18.0 Å². The highest BCUT2D eigenvalue weighted by Gasteiger charge is 2.23. The summed E-state index contributed by atoms with van der Waals surface area (Å²) in [5.41, 5.74) is 1.27. The molecule has 0 unspecified atom stereocenters. The van der Waals surface area contributed by atoms with Gasteiger partial charge < -0.3 is 14.3 Å². The van der Waals surface area contributed by atoms with Crippen LogP contribution >= 0.6 is 0 Å². The first-order chi connectivity index (χ1) is 13.6. The van der Waals surface area contributed by atoms with Crippen molar-refractivity contribution in [3.8, 4) is 11.5 Å². The van der Waals surface area contributed by atoms with E-state index in [1.807, 2.05) is 12.1 Å². The van der Waals surface area contributed by atoms with E-state index in [1.165, 1.54) is 24.3 Å². The fourth-order valence-corrected chi connectivity index (χ4v) is 3.33. The summed E-state index contributed by atoms with van der Waals surface area (Å²) in [7, 11) is 0. The highest BCUT2D eigenvalue weighted by atomic mass is 19.1. The van der Waals surface area contributed by atoms with Crippen LogP contribution in [0.15, 0.2) is 47.1 Å². The Balaban J connectivity index is 1.52. The molecule has 4 rings (SSSR count). The Morgan fingerprint density at radius 1 is 1.11 bits per heavy atom. The third-order valence-corrected chi connectivity index (χ3v) is 4.72. The molecule has 8 heteroatoms. The summed E-state index contributed by atoms with van der Waals surface area (Å²) in [4.78, 5) is 25.5. The predicted octanol–water partition coefficient (Wildman–Crippen LogP) is 2.93. The Morgan fingerprint density at radius 2 is 1.93 bits per heavy atom. The number of benzene rings is 1. The fraction of sp³-hybridized carbons (Fsp3) is 0.300. The molecular formula is C20H20FN5O2. The molecule has 0 saturated carbocycles. The van der Waals surface area contributed by atoms with Crippen LogP contribution in [0.25, 0.3) is 11.5 Å². The van der Waals surface area contributed by atoms with Crippen molar-refractivity contribution in [2.24, 2.45) is 0 Å². The first-order valence-electron chi connectivity index (χ1n) is 9.17. The molecule has 1 aliphatic heterocycles. The van der Waals surface area contributed by atoms with Gasteiger partial charge in [-0.05, 0) is 49.7 Å². The number of pyridine rings is 1. The molecule has 1 fully saturated rings. The van der Waals surface area contributed by atoms with Gasteiger partial charge in [0.2, 0.25) is 0 Å². The molecular weight excluding hydrogens is 361 g/mol. The van der Waals surface area contributed by atoms with Crippen LogP contribution in [0.1, 0.15) is 22.6 Å². The molecule has 3 heterocycles. The van der Waals surface area contributed by atoms with Crippen LogP contribution in [0.3, 0.4) is 0 Å². The van der Waals surface area contributed by atoms with Gasteiger partial charge in [0.05, 0.1) is 5.56 Å². The van der Waals surface area contributed by atoms with Gasteiger partial charge in [-0.15, -0.1) is 0 Å². The minimum absolute atomic E-state index is 0.0874. The number of rotatable bonds is 3. The SMILES string of the molecule is Cc1noc(-c2cccnc2N2CCCN(C(=O)c3ccc(F)cc3)CC2)n1. The predicted molar refractivity (Wildman–Crippen MR) is 101 cm³/mol. The normalized spacial score (nSPS) is 14.8. The zero-order chi connectivity index (χ0) is 19.5. The lowest BCUT2D eigenvalue weighted by atomic mass is 10.2. The summed E-state index contributed by atoms with van der Waals surface area (Å²) >= 11 is 0. The Kier molecular flexibility index (Phi) is 5.01. The summed E-state index contributed by atoms with van der Waals surface area (Å²) in [6.07, 6.45) is 2.53. The van der Waals surface area contributed by atoms with E-state index < -0.39 is 0 Å². The number of aromatic nitrogens is 3. The van der Waals surface area contributed by atoms with Crippen molar-refractivity contribution in [2.75, 3.05) is 31.1 Å². The number of anilines is 1. The number of carbonyl (C=O) groups excluding carboxylic acids is 1. The van der Waals surface area contributed by atoms with E-state index in [0.717, 1.165) is 24.3 Å². The van der Waals surface area contributed by atoms with Gasteiger partial charge in [0.1, 0.15) is 11.6 Å². The van der Waals surface area contributed by atoms with E-state index in [9.17, 15) is 9.18 Å². The van der Waals surface area contributed by atoms with Crippen molar-refractivity contribution >= 4 is 11.7 Å². The van der Waals surface area contributed by atoms with Gasteiger partial charge in [-0.3, -0.25) is 4.79 Å². The quantitative estimate of drug-likeness (QED) is 0.694. The average molecular weight is 381 g/mol. The molecule has 0 N–H and O–H groups in total. The number of hydrogen-bond acceptors (Lipinski definition) is 6. The smallest absolute Gasteiger partial charge is 0.261 e. The number of nitrogens with zero attached hydrogens (tertiary/aromatic N) is 5. The molecule has 1 aliphatic rings. The van der Waals surface area contributed by atoms with Crippen molar-refractivity contribution in [2.45, 2.75) is 13.3 Å². The van der Waals surface area contributed by atoms with Crippen LogP contribution < -0.4 is 4.90 Å². The van der Waals surface area contributed by atoms with Crippen LogP contribution in [-0.4, -0.2) is 52.1 Å². The monoisotopic (exact) mass is 381 g/mol. The molecule has 28 heavy (non-hydrogen) atoms. The summed E-state index contributed by atoms with van der Waals surface area (Å²) in [5, 5.41) is 3.86. The van der Waals surface area contributed by atoms with Gasteiger partial charge in [-0.1, -0.05) is 5.16 Å². The molecule has 1 aromatic carbocycles. The number of halogens is 1. The number of hydrogen-bond donors (Lipinski definition) is 0. The van der Waals surface area contributed by atoms with Crippen molar-refractivity contribution in [3.63, 3.8) is 0 Å². The third-order valence-electron chi connectivity index (χ3n) is 4.72. The zero-order valence-corrected chi connectivity index (χ0v) is 15.5. The van der Waals surface area contributed by atoms with Gasteiger partial charge in [-0.25, -0.2) is 9.37 Å². The highest BCUT2D eigenvalue weighted by molar-refractivity contribution is 5.94. The van der Waals surface area contributed by atoms with E-state index in [0.29, 0.717) is 36.9 Å². The van der Waals surface area contributed by atoms with E-state index in [4.69, 9.17) is 4.52 Å². The lowest BCUT2D eigenvalue weighted by molar-refractivity contribution is 0.0767. The highest BCUT2D eigenvalue weighted by Crippen LogP contribution is 2.28. The maximum atomic E-state index is 13.1. The zero-order valence-electron chi connectivity index (χ0n) is 15.5. The van der Waals surface area contributed by atoms with Crippen LogP contribution in [0, 0.1) is 12.7 Å². The topological polar surface area (TPSA) is 75.4 Å². The Hall–Kier alpha value is -3.29. The molecule has 1 amide bonds. The van der Waals surface area contributed by atoms with Crippen LogP contribution in [0.4, 0.5) is 10.2 Å². The molecule has 0 spiro atoms. The van der Waals surface area contributed by atoms with Crippen molar-refractivity contribution < 1.29 is 13.7 Å². The number of carbonyl (C=O) groups is 1. The lowest BCUT2D eigenvalue weighted by Gasteiger charge is -2.24. The number of aryl methyl sites for hydroxylation is 1. The summed E-state index contributed by atoms with van der Waals surface area (Å²) in [5.74, 6) is 1.33. The maximum Gasteiger partial charge on any atom is 0.261 e. The first kappa shape index (κ1) is 18.1. The molecule has 1 saturated heterocycles. The third kappa shape index (κ3) is 3.71. The van der Waals surface area contributed by atoms with Crippen LogP contribution in [-0.2, 0) is 0 Å². The maximum absolute atomic E-state index is 13.1. The second-order valence-corrected chi connectivity index (χ2v) is 6.66. The first-order valence-corrected chi connectivity index (χ1v) is 9.17. The Labute approximate surface area is 161 Å². The molecule has 7 nitrogen and oxygen atoms in total. The molecule has 144 valence electrons. The minimum atomic E-state index is -0.350. The van der Waals surface area contributed by atoms with Gasteiger partial charge >= 0.3 is 0 Å². The van der Waals surface area contributed by atoms with Crippen molar-refractivity contribution in [3.05, 3.63) is 59.8 Å². The van der Waals surface area contributed by atoms with Gasteiger partial charge in [-0.2, -0.15) is 4.98 Å². The summed E-state index contributed by atoms with van der Waals surface area (Å²) in [6, 6.07) is 9.40. The van der Waals surface area contributed by atoms with Crippen molar-refractivity contribution in [1.29, 1.82) is 0 Å². The molecule has 0 radical (unpaired) electrons. The second-order valence-electron chi connectivity index (χ2n) is 6.66. The van der Waals surface area contributed by atoms with Gasteiger partial charge in [0, 0.05) is 37.9 Å². The van der Waals surface area contributed by atoms with Crippen LogP contribution in [0.5, 0.6) is 0 Å². The van der Waals surface area contributed by atoms with Crippen LogP contribution in [0.2, 0.25) is 0 Å². The van der Waals surface area contributed by atoms with Gasteiger partial charge in [0.15, 0.2) is 5.82 Å². The van der Waals surface area contributed by atoms with Gasteiger partial charge in [0.25, 0.3) is 11.8 Å². The van der Waals surface area contributed by atoms with E-state index in [-0.39, 0.29) is 11.7 Å². The Bertz CT molecular complexity index is 973. The average Bonchev–Trinajstić information content (AvgIpc) is 3.00.